The molecule has 3 aromatic heterocycles. The summed E-state index contributed by atoms with van der Waals surface area (Å²) in [6, 6.07) is 4.57. The van der Waals surface area contributed by atoms with E-state index in [2.05, 4.69) is 26.1 Å². The zero-order valence-corrected chi connectivity index (χ0v) is 13.6. The van der Waals surface area contributed by atoms with Crippen molar-refractivity contribution in [2.75, 3.05) is 18.1 Å². The second-order valence-corrected chi connectivity index (χ2v) is 6.58. The second kappa shape index (κ2) is 5.27. The number of nitrogens with zero attached hydrogens (tertiary/aromatic N) is 4. The van der Waals surface area contributed by atoms with Crippen molar-refractivity contribution < 1.29 is 4.74 Å². The molecule has 2 aliphatic rings. The Morgan fingerprint density at radius 1 is 1.25 bits per heavy atom. The first kappa shape index (κ1) is 13.9. The van der Waals surface area contributed by atoms with Crippen molar-refractivity contribution in [2.45, 2.75) is 32.4 Å². The number of pyridine rings is 2. The normalized spacial score (nSPS) is 17.8. The van der Waals surface area contributed by atoms with Gasteiger partial charge in [0.25, 0.3) is 0 Å². The molecule has 0 atom stereocenters. The summed E-state index contributed by atoms with van der Waals surface area (Å²) in [6.07, 6.45) is 5.91. The third-order valence-corrected chi connectivity index (χ3v) is 5.08. The van der Waals surface area contributed by atoms with E-state index in [4.69, 9.17) is 9.72 Å². The quantitative estimate of drug-likeness (QED) is 0.746. The summed E-state index contributed by atoms with van der Waals surface area (Å²) in [5.41, 5.74) is 5.41. The van der Waals surface area contributed by atoms with Gasteiger partial charge < -0.3 is 9.64 Å². The SMILES string of the molecule is Cc1cc2c(cn1)CN(C1CCOCC1)c1nccc3[nH]nc-2c13. The van der Waals surface area contributed by atoms with E-state index in [1.165, 1.54) is 5.56 Å². The highest BCUT2D eigenvalue weighted by Gasteiger charge is 2.30. The summed E-state index contributed by atoms with van der Waals surface area (Å²) in [4.78, 5) is 11.7. The molecule has 2 aliphatic heterocycles. The van der Waals surface area contributed by atoms with Crippen LogP contribution in [0.4, 0.5) is 5.82 Å². The Bertz CT molecular complexity index is 913. The predicted octanol–water partition coefficient (Wildman–Crippen LogP) is 2.83. The first-order valence-corrected chi connectivity index (χ1v) is 8.44. The molecule has 122 valence electrons. The largest absolute Gasteiger partial charge is 0.381 e. The highest BCUT2D eigenvalue weighted by atomic mass is 16.5. The predicted molar refractivity (Wildman–Crippen MR) is 91.9 cm³/mol. The van der Waals surface area contributed by atoms with Gasteiger partial charge in [0, 0.05) is 49.5 Å². The maximum absolute atomic E-state index is 5.56. The van der Waals surface area contributed by atoms with Gasteiger partial charge in [-0.2, -0.15) is 5.10 Å². The molecule has 0 saturated carbocycles. The molecule has 0 aliphatic carbocycles. The zero-order chi connectivity index (χ0) is 16.1. The average Bonchev–Trinajstić information content (AvgIpc) is 2.99. The van der Waals surface area contributed by atoms with Crippen LogP contribution in [-0.4, -0.2) is 39.4 Å². The van der Waals surface area contributed by atoms with E-state index < -0.39 is 0 Å². The number of hydrogen-bond donors (Lipinski definition) is 1. The number of fused-ring (bicyclic) bond motifs is 2. The first-order valence-electron chi connectivity index (χ1n) is 8.44. The molecule has 0 spiro atoms. The van der Waals surface area contributed by atoms with Crippen LogP contribution in [0.1, 0.15) is 24.1 Å². The van der Waals surface area contributed by atoms with E-state index in [0.717, 1.165) is 66.3 Å². The smallest absolute Gasteiger partial charge is 0.140 e. The number of aromatic amines is 1. The Morgan fingerprint density at radius 2 is 2.12 bits per heavy atom. The van der Waals surface area contributed by atoms with Crippen LogP contribution in [0.3, 0.4) is 0 Å². The molecule has 24 heavy (non-hydrogen) atoms. The van der Waals surface area contributed by atoms with Crippen LogP contribution in [0.2, 0.25) is 0 Å². The lowest BCUT2D eigenvalue weighted by atomic mass is 10.0. The van der Waals surface area contributed by atoms with Gasteiger partial charge in [-0.1, -0.05) is 0 Å². The molecule has 1 saturated heterocycles. The molecule has 6 nitrogen and oxygen atoms in total. The molecule has 1 fully saturated rings. The lowest BCUT2D eigenvalue weighted by molar-refractivity contribution is 0.0840. The van der Waals surface area contributed by atoms with Gasteiger partial charge in [-0.15, -0.1) is 0 Å². The van der Waals surface area contributed by atoms with Crippen LogP contribution < -0.4 is 4.90 Å². The van der Waals surface area contributed by atoms with E-state index in [1.54, 1.807) is 0 Å². The summed E-state index contributed by atoms with van der Waals surface area (Å²) in [5, 5.41) is 8.89. The van der Waals surface area contributed by atoms with E-state index in [9.17, 15) is 0 Å². The molecule has 0 amide bonds. The third kappa shape index (κ3) is 2.03. The number of hydrogen-bond acceptors (Lipinski definition) is 5. The van der Waals surface area contributed by atoms with E-state index in [0.29, 0.717) is 6.04 Å². The van der Waals surface area contributed by atoms with E-state index >= 15 is 0 Å². The molecule has 5 rings (SSSR count). The number of rotatable bonds is 1. The fourth-order valence-corrected chi connectivity index (χ4v) is 3.85. The van der Waals surface area contributed by atoms with Crippen molar-refractivity contribution >= 4 is 16.7 Å². The Labute approximate surface area is 139 Å². The lowest BCUT2D eigenvalue weighted by Gasteiger charge is -2.35. The molecule has 0 radical (unpaired) electrons. The maximum Gasteiger partial charge on any atom is 0.140 e. The van der Waals surface area contributed by atoms with Crippen LogP contribution in [0.15, 0.2) is 24.5 Å². The zero-order valence-electron chi connectivity index (χ0n) is 13.6. The van der Waals surface area contributed by atoms with Crippen molar-refractivity contribution in [3.05, 3.63) is 35.8 Å². The van der Waals surface area contributed by atoms with Crippen molar-refractivity contribution in [2.24, 2.45) is 0 Å². The van der Waals surface area contributed by atoms with Gasteiger partial charge in [-0.3, -0.25) is 10.1 Å². The number of anilines is 1. The summed E-state index contributed by atoms with van der Waals surface area (Å²) in [5.74, 6) is 1.03. The highest BCUT2D eigenvalue weighted by molar-refractivity contribution is 6.02. The van der Waals surface area contributed by atoms with Crippen LogP contribution in [0, 0.1) is 6.92 Å². The van der Waals surface area contributed by atoms with Gasteiger partial charge in [-0.05, 0) is 37.5 Å². The van der Waals surface area contributed by atoms with E-state index in [1.807, 2.05) is 25.4 Å². The number of ether oxygens (including phenoxy) is 1. The summed E-state index contributed by atoms with van der Waals surface area (Å²) >= 11 is 0. The molecule has 3 aromatic rings. The highest BCUT2D eigenvalue weighted by Crippen LogP contribution is 2.40. The Hall–Kier alpha value is -2.47. The number of nitrogens with one attached hydrogen (secondary N) is 1. The van der Waals surface area contributed by atoms with Gasteiger partial charge in [0.2, 0.25) is 0 Å². The summed E-state index contributed by atoms with van der Waals surface area (Å²) in [6.45, 7) is 4.47. The molecule has 0 aromatic carbocycles. The molecule has 1 N–H and O–H groups in total. The maximum atomic E-state index is 5.56. The molecule has 5 heterocycles. The molecular formula is C18H19N5O. The van der Waals surface area contributed by atoms with Gasteiger partial charge in [0.1, 0.15) is 11.5 Å². The standard InChI is InChI=1S/C18H19N5O/c1-11-8-14-12(9-20-11)10-23(13-3-6-24-7-4-13)18-16-15(2-5-19-18)21-22-17(14)16/h2,5,8-9,13H,3-4,6-7,10H2,1H3,(H,21,22). The number of H-pyrrole nitrogens is 1. The lowest BCUT2D eigenvalue weighted by Crippen LogP contribution is -2.39. The number of aromatic nitrogens is 4. The topological polar surface area (TPSA) is 66.9 Å². The van der Waals surface area contributed by atoms with Gasteiger partial charge in [-0.25, -0.2) is 4.98 Å². The Balaban J connectivity index is 1.76. The molecule has 0 bridgehead atoms. The van der Waals surface area contributed by atoms with E-state index in [-0.39, 0.29) is 0 Å². The second-order valence-electron chi connectivity index (χ2n) is 6.58. The van der Waals surface area contributed by atoms with Crippen LogP contribution >= 0.6 is 0 Å². The fraction of sp³-hybridized carbons (Fsp3) is 0.389. The van der Waals surface area contributed by atoms with Crippen molar-refractivity contribution in [1.29, 1.82) is 0 Å². The van der Waals surface area contributed by atoms with Crippen LogP contribution in [0.25, 0.3) is 22.2 Å². The molecule has 6 heteroatoms. The van der Waals surface area contributed by atoms with Crippen LogP contribution in [-0.2, 0) is 11.3 Å². The monoisotopic (exact) mass is 321 g/mol. The van der Waals surface area contributed by atoms with Gasteiger partial charge >= 0.3 is 0 Å². The minimum absolute atomic E-state index is 0.437. The Morgan fingerprint density at radius 3 is 3.00 bits per heavy atom. The van der Waals surface area contributed by atoms with Gasteiger partial charge in [0.15, 0.2) is 0 Å². The summed E-state index contributed by atoms with van der Waals surface area (Å²) < 4.78 is 5.56. The summed E-state index contributed by atoms with van der Waals surface area (Å²) in [7, 11) is 0. The Kier molecular flexibility index (Phi) is 3.06. The molecule has 0 unspecified atom stereocenters. The number of aryl methyl sites for hydroxylation is 1. The first-order chi connectivity index (χ1) is 11.8. The van der Waals surface area contributed by atoms with Crippen molar-refractivity contribution in [3.63, 3.8) is 0 Å². The third-order valence-electron chi connectivity index (χ3n) is 5.08. The molecular weight excluding hydrogens is 302 g/mol. The fourth-order valence-electron chi connectivity index (χ4n) is 3.85. The minimum Gasteiger partial charge on any atom is -0.381 e. The van der Waals surface area contributed by atoms with Crippen molar-refractivity contribution in [3.8, 4) is 11.3 Å². The minimum atomic E-state index is 0.437. The van der Waals surface area contributed by atoms with Crippen LogP contribution in [0.5, 0.6) is 0 Å². The van der Waals surface area contributed by atoms with Gasteiger partial charge in [0.05, 0.1) is 10.9 Å². The van der Waals surface area contributed by atoms with Crippen molar-refractivity contribution in [1.82, 2.24) is 20.2 Å². The average molecular weight is 321 g/mol.